The standard InChI is InChI=1S/C16H19N5O2/c1-22-9-3-8-17-15-14-10-20-21(16(14)19-11-18-15)12-4-6-13(23-2)7-5-12/h4-7,10-11H,3,8-9H2,1-2H3,(H,17,18,19). The number of hydrogen-bond acceptors (Lipinski definition) is 6. The lowest BCUT2D eigenvalue weighted by Crippen LogP contribution is -2.06. The van der Waals surface area contributed by atoms with Gasteiger partial charge < -0.3 is 14.8 Å². The van der Waals surface area contributed by atoms with Crippen LogP contribution >= 0.6 is 0 Å². The predicted molar refractivity (Wildman–Crippen MR) is 88.2 cm³/mol. The molecule has 0 fully saturated rings. The van der Waals surface area contributed by atoms with Gasteiger partial charge in [-0.2, -0.15) is 5.10 Å². The van der Waals surface area contributed by atoms with Crippen LogP contribution in [0.5, 0.6) is 5.75 Å². The van der Waals surface area contributed by atoms with E-state index in [1.165, 1.54) is 0 Å². The molecule has 2 heterocycles. The molecule has 0 saturated carbocycles. The van der Waals surface area contributed by atoms with E-state index >= 15 is 0 Å². The van der Waals surface area contributed by atoms with Crippen molar-refractivity contribution in [3.8, 4) is 11.4 Å². The number of hydrogen-bond donors (Lipinski definition) is 1. The van der Waals surface area contributed by atoms with Gasteiger partial charge in [0.15, 0.2) is 5.65 Å². The van der Waals surface area contributed by atoms with Crippen molar-refractivity contribution >= 4 is 16.9 Å². The number of nitrogens with one attached hydrogen (secondary N) is 1. The zero-order valence-electron chi connectivity index (χ0n) is 13.2. The van der Waals surface area contributed by atoms with E-state index in [1.807, 2.05) is 24.3 Å². The van der Waals surface area contributed by atoms with Gasteiger partial charge in [0.2, 0.25) is 0 Å². The monoisotopic (exact) mass is 313 g/mol. The molecule has 1 N–H and O–H groups in total. The summed E-state index contributed by atoms with van der Waals surface area (Å²) < 4.78 is 12.0. The Balaban J connectivity index is 1.88. The second-order valence-corrected chi connectivity index (χ2v) is 4.99. The van der Waals surface area contributed by atoms with Crippen LogP contribution in [0.1, 0.15) is 6.42 Å². The lowest BCUT2D eigenvalue weighted by atomic mass is 10.3. The van der Waals surface area contributed by atoms with Crippen LogP contribution in [0, 0.1) is 0 Å². The summed E-state index contributed by atoms with van der Waals surface area (Å²) in [5.41, 5.74) is 1.68. The van der Waals surface area contributed by atoms with Crippen LogP contribution in [0.4, 0.5) is 5.82 Å². The molecule has 3 aromatic rings. The molecule has 0 aliphatic rings. The molecule has 2 aromatic heterocycles. The fraction of sp³-hybridized carbons (Fsp3) is 0.312. The number of anilines is 1. The van der Waals surface area contributed by atoms with E-state index in [9.17, 15) is 0 Å². The van der Waals surface area contributed by atoms with Gasteiger partial charge in [-0.15, -0.1) is 0 Å². The van der Waals surface area contributed by atoms with Gasteiger partial charge in [0.25, 0.3) is 0 Å². The first-order valence-electron chi connectivity index (χ1n) is 7.39. The van der Waals surface area contributed by atoms with Crippen molar-refractivity contribution in [1.29, 1.82) is 0 Å². The molecule has 0 atom stereocenters. The van der Waals surface area contributed by atoms with Crippen molar-refractivity contribution in [2.24, 2.45) is 0 Å². The van der Waals surface area contributed by atoms with Crippen LogP contribution in [0.3, 0.4) is 0 Å². The third-order valence-corrected chi connectivity index (χ3v) is 3.50. The van der Waals surface area contributed by atoms with Gasteiger partial charge in [0.1, 0.15) is 17.9 Å². The third kappa shape index (κ3) is 3.24. The fourth-order valence-electron chi connectivity index (χ4n) is 2.32. The molecule has 0 unspecified atom stereocenters. The number of aromatic nitrogens is 4. The van der Waals surface area contributed by atoms with Crippen LogP contribution in [0.25, 0.3) is 16.7 Å². The van der Waals surface area contributed by atoms with Gasteiger partial charge in [-0.05, 0) is 30.7 Å². The summed E-state index contributed by atoms with van der Waals surface area (Å²) in [6.45, 7) is 1.50. The second kappa shape index (κ2) is 7.06. The number of ether oxygens (including phenoxy) is 2. The Kier molecular flexibility index (Phi) is 4.68. The van der Waals surface area contributed by atoms with Gasteiger partial charge >= 0.3 is 0 Å². The first-order chi connectivity index (χ1) is 11.3. The summed E-state index contributed by atoms with van der Waals surface area (Å²) in [5, 5.41) is 8.63. The average Bonchev–Trinajstić information content (AvgIpc) is 3.03. The van der Waals surface area contributed by atoms with Crippen LogP contribution < -0.4 is 10.1 Å². The Morgan fingerprint density at radius 2 is 1.96 bits per heavy atom. The average molecular weight is 313 g/mol. The molecule has 7 heteroatoms. The second-order valence-electron chi connectivity index (χ2n) is 4.99. The lowest BCUT2D eigenvalue weighted by Gasteiger charge is -2.07. The molecule has 0 spiro atoms. The molecule has 120 valence electrons. The molecule has 1 aromatic carbocycles. The number of benzene rings is 1. The summed E-state index contributed by atoms with van der Waals surface area (Å²) >= 11 is 0. The largest absolute Gasteiger partial charge is 0.497 e. The summed E-state index contributed by atoms with van der Waals surface area (Å²) in [6, 6.07) is 7.68. The maximum absolute atomic E-state index is 5.18. The minimum Gasteiger partial charge on any atom is -0.497 e. The highest BCUT2D eigenvalue weighted by Gasteiger charge is 2.10. The van der Waals surface area contributed by atoms with E-state index in [0.29, 0.717) is 6.61 Å². The first-order valence-corrected chi connectivity index (χ1v) is 7.39. The Labute approximate surface area is 134 Å². The van der Waals surface area contributed by atoms with Gasteiger partial charge in [0.05, 0.1) is 24.4 Å². The molecular weight excluding hydrogens is 294 g/mol. The van der Waals surface area contributed by atoms with Crippen LogP contribution in [-0.2, 0) is 4.74 Å². The molecular formula is C16H19N5O2. The third-order valence-electron chi connectivity index (χ3n) is 3.50. The molecule has 0 bridgehead atoms. The normalized spacial score (nSPS) is 10.9. The smallest absolute Gasteiger partial charge is 0.168 e. The van der Waals surface area contributed by atoms with E-state index in [-0.39, 0.29) is 0 Å². The van der Waals surface area contributed by atoms with Crippen LogP contribution in [0.15, 0.2) is 36.8 Å². The number of fused-ring (bicyclic) bond motifs is 1. The topological polar surface area (TPSA) is 74.1 Å². The fourth-order valence-corrected chi connectivity index (χ4v) is 2.32. The van der Waals surface area contributed by atoms with E-state index in [0.717, 1.165) is 41.3 Å². The molecule has 0 amide bonds. The molecule has 0 aliphatic heterocycles. The van der Waals surface area contributed by atoms with Crippen molar-refractivity contribution in [3.63, 3.8) is 0 Å². The van der Waals surface area contributed by atoms with Crippen molar-refractivity contribution < 1.29 is 9.47 Å². The minimum atomic E-state index is 0.715. The Morgan fingerprint density at radius 3 is 2.70 bits per heavy atom. The first kappa shape index (κ1) is 15.2. The molecule has 7 nitrogen and oxygen atoms in total. The summed E-state index contributed by atoms with van der Waals surface area (Å²) in [4.78, 5) is 8.66. The van der Waals surface area contributed by atoms with E-state index in [4.69, 9.17) is 9.47 Å². The molecule has 3 rings (SSSR count). The summed E-state index contributed by atoms with van der Waals surface area (Å²) in [6.07, 6.45) is 4.23. The van der Waals surface area contributed by atoms with Crippen molar-refractivity contribution in [2.45, 2.75) is 6.42 Å². The SMILES string of the molecule is COCCCNc1ncnc2c1cnn2-c1ccc(OC)cc1. The lowest BCUT2D eigenvalue weighted by molar-refractivity contribution is 0.198. The molecule has 0 radical (unpaired) electrons. The van der Waals surface area contributed by atoms with E-state index < -0.39 is 0 Å². The van der Waals surface area contributed by atoms with Crippen molar-refractivity contribution in [1.82, 2.24) is 19.7 Å². The summed E-state index contributed by atoms with van der Waals surface area (Å²) in [7, 11) is 3.34. The zero-order chi connectivity index (χ0) is 16.1. The Hall–Kier alpha value is -2.67. The summed E-state index contributed by atoms with van der Waals surface area (Å²) in [5.74, 6) is 1.59. The molecule has 23 heavy (non-hydrogen) atoms. The Morgan fingerprint density at radius 1 is 1.13 bits per heavy atom. The van der Waals surface area contributed by atoms with Gasteiger partial charge in [-0.3, -0.25) is 0 Å². The highest BCUT2D eigenvalue weighted by Crippen LogP contribution is 2.22. The van der Waals surface area contributed by atoms with Crippen LogP contribution in [-0.4, -0.2) is 47.1 Å². The molecule has 0 saturated heterocycles. The predicted octanol–water partition coefficient (Wildman–Crippen LogP) is 2.27. The quantitative estimate of drug-likeness (QED) is 0.675. The van der Waals surface area contributed by atoms with Crippen molar-refractivity contribution in [3.05, 3.63) is 36.8 Å². The maximum Gasteiger partial charge on any atom is 0.168 e. The highest BCUT2D eigenvalue weighted by atomic mass is 16.5. The number of nitrogens with zero attached hydrogens (tertiary/aromatic N) is 4. The van der Waals surface area contributed by atoms with E-state index in [2.05, 4.69) is 20.4 Å². The van der Waals surface area contributed by atoms with E-state index in [1.54, 1.807) is 31.4 Å². The van der Waals surface area contributed by atoms with Gasteiger partial charge in [0, 0.05) is 20.3 Å². The number of rotatable bonds is 7. The molecule has 0 aliphatic carbocycles. The minimum absolute atomic E-state index is 0.715. The maximum atomic E-state index is 5.18. The van der Waals surface area contributed by atoms with Crippen LogP contribution in [0.2, 0.25) is 0 Å². The van der Waals surface area contributed by atoms with Gasteiger partial charge in [-0.25, -0.2) is 14.6 Å². The van der Waals surface area contributed by atoms with Gasteiger partial charge in [-0.1, -0.05) is 0 Å². The van der Waals surface area contributed by atoms with Crippen molar-refractivity contribution in [2.75, 3.05) is 32.7 Å². The zero-order valence-corrected chi connectivity index (χ0v) is 13.2. The highest BCUT2D eigenvalue weighted by molar-refractivity contribution is 5.87. The number of methoxy groups -OCH3 is 2. The Bertz CT molecular complexity index is 770.